The smallest absolute Gasteiger partial charge is 0.251 e. The van der Waals surface area contributed by atoms with Crippen molar-refractivity contribution >= 4 is 23.4 Å². The Kier molecular flexibility index (Phi) is 6.64. The summed E-state index contributed by atoms with van der Waals surface area (Å²) in [7, 11) is 0. The third kappa shape index (κ3) is 6.76. The fourth-order valence-electron chi connectivity index (χ4n) is 2.17. The molecule has 26 heavy (non-hydrogen) atoms. The number of hydrogen-bond donors (Lipinski definition) is 2. The Morgan fingerprint density at radius 3 is 2.19 bits per heavy atom. The van der Waals surface area contributed by atoms with Gasteiger partial charge in [-0.1, -0.05) is 23.7 Å². The van der Waals surface area contributed by atoms with E-state index in [1.54, 1.807) is 36.4 Å². The van der Waals surface area contributed by atoms with Crippen molar-refractivity contribution in [1.82, 2.24) is 10.6 Å². The summed E-state index contributed by atoms with van der Waals surface area (Å²) in [4.78, 5) is 23.8. The van der Waals surface area contributed by atoms with Gasteiger partial charge >= 0.3 is 0 Å². The van der Waals surface area contributed by atoms with Crippen molar-refractivity contribution in [2.45, 2.75) is 32.9 Å². The molecule has 0 aromatic heterocycles. The lowest BCUT2D eigenvalue weighted by Gasteiger charge is -2.20. The second-order valence-corrected chi connectivity index (χ2v) is 7.36. The number of ether oxygens (including phenoxy) is 1. The van der Waals surface area contributed by atoms with E-state index >= 15 is 0 Å². The van der Waals surface area contributed by atoms with E-state index in [9.17, 15) is 9.59 Å². The lowest BCUT2D eigenvalue weighted by Crippen LogP contribution is -2.45. The van der Waals surface area contributed by atoms with Gasteiger partial charge in [0.05, 0.1) is 6.54 Å². The molecular weight excluding hydrogens is 352 g/mol. The van der Waals surface area contributed by atoms with Crippen LogP contribution in [-0.4, -0.2) is 23.9 Å². The maximum atomic E-state index is 12.1. The van der Waals surface area contributed by atoms with Crippen LogP contribution in [0.1, 0.15) is 36.7 Å². The van der Waals surface area contributed by atoms with Gasteiger partial charge < -0.3 is 15.4 Å². The SMILES string of the molecule is CC(C)(C)NC(=O)CNC(=O)c1ccc(COc2ccc(Cl)cc2)cc1. The zero-order valence-corrected chi connectivity index (χ0v) is 15.9. The van der Waals surface area contributed by atoms with Gasteiger partial charge in [-0.3, -0.25) is 9.59 Å². The Morgan fingerprint density at radius 1 is 1.00 bits per heavy atom. The third-order valence-electron chi connectivity index (χ3n) is 3.36. The highest BCUT2D eigenvalue weighted by molar-refractivity contribution is 6.30. The van der Waals surface area contributed by atoms with Crippen molar-refractivity contribution in [2.75, 3.05) is 6.54 Å². The first kappa shape index (κ1) is 19.8. The number of carbonyl (C=O) groups excluding carboxylic acids is 2. The fraction of sp³-hybridized carbons (Fsp3) is 0.300. The van der Waals surface area contributed by atoms with Gasteiger partial charge in [0.1, 0.15) is 12.4 Å². The van der Waals surface area contributed by atoms with Gasteiger partial charge in [-0.25, -0.2) is 0 Å². The molecule has 0 spiro atoms. The molecule has 2 amide bonds. The van der Waals surface area contributed by atoms with Crippen LogP contribution in [0.25, 0.3) is 0 Å². The Balaban J connectivity index is 1.83. The van der Waals surface area contributed by atoms with Gasteiger partial charge in [-0.15, -0.1) is 0 Å². The molecule has 0 fully saturated rings. The summed E-state index contributed by atoms with van der Waals surface area (Å²) in [6.45, 7) is 5.99. The maximum Gasteiger partial charge on any atom is 0.251 e. The van der Waals surface area contributed by atoms with Crippen LogP contribution >= 0.6 is 11.6 Å². The lowest BCUT2D eigenvalue weighted by atomic mass is 10.1. The number of carbonyl (C=O) groups is 2. The summed E-state index contributed by atoms with van der Waals surface area (Å²) in [6.07, 6.45) is 0. The van der Waals surface area contributed by atoms with Crippen molar-refractivity contribution < 1.29 is 14.3 Å². The topological polar surface area (TPSA) is 67.4 Å². The van der Waals surface area contributed by atoms with Crippen molar-refractivity contribution in [3.05, 3.63) is 64.7 Å². The zero-order valence-electron chi connectivity index (χ0n) is 15.1. The molecule has 2 aromatic carbocycles. The highest BCUT2D eigenvalue weighted by Crippen LogP contribution is 2.17. The Morgan fingerprint density at radius 2 is 1.62 bits per heavy atom. The van der Waals surface area contributed by atoms with E-state index in [1.165, 1.54) is 0 Å². The van der Waals surface area contributed by atoms with Crippen molar-refractivity contribution in [1.29, 1.82) is 0 Å². The average molecular weight is 375 g/mol. The van der Waals surface area contributed by atoms with Crippen molar-refractivity contribution in [3.63, 3.8) is 0 Å². The third-order valence-corrected chi connectivity index (χ3v) is 3.61. The van der Waals surface area contributed by atoms with E-state index in [2.05, 4.69) is 10.6 Å². The van der Waals surface area contributed by atoms with Crippen LogP contribution in [0, 0.1) is 0 Å². The number of rotatable bonds is 6. The summed E-state index contributed by atoms with van der Waals surface area (Å²) in [5.74, 6) is 0.208. The number of halogens is 1. The van der Waals surface area contributed by atoms with Gasteiger partial charge in [-0.2, -0.15) is 0 Å². The van der Waals surface area contributed by atoms with Gasteiger partial charge in [0, 0.05) is 16.1 Å². The maximum absolute atomic E-state index is 12.1. The summed E-state index contributed by atoms with van der Waals surface area (Å²) < 4.78 is 5.66. The molecule has 0 aliphatic rings. The monoisotopic (exact) mass is 374 g/mol. The first-order valence-electron chi connectivity index (χ1n) is 8.29. The van der Waals surface area contributed by atoms with Gasteiger partial charge in [0.15, 0.2) is 0 Å². The quantitative estimate of drug-likeness (QED) is 0.812. The summed E-state index contributed by atoms with van der Waals surface area (Å²) in [5, 5.41) is 6.06. The Labute approximate surface area is 158 Å². The predicted molar refractivity (Wildman–Crippen MR) is 102 cm³/mol. The molecule has 0 saturated carbocycles. The van der Waals surface area contributed by atoms with Crippen molar-refractivity contribution in [2.24, 2.45) is 0 Å². The van der Waals surface area contributed by atoms with Crippen LogP contribution in [0.4, 0.5) is 0 Å². The largest absolute Gasteiger partial charge is 0.489 e. The van der Waals surface area contributed by atoms with Crippen LogP contribution in [0.5, 0.6) is 5.75 Å². The second kappa shape index (κ2) is 8.72. The fourth-order valence-corrected chi connectivity index (χ4v) is 2.30. The highest BCUT2D eigenvalue weighted by Gasteiger charge is 2.14. The lowest BCUT2D eigenvalue weighted by molar-refractivity contribution is -0.121. The first-order chi connectivity index (χ1) is 12.2. The summed E-state index contributed by atoms with van der Waals surface area (Å²) in [5.41, 5.74) is 1.10. The van der Waals surface area contributed by atoms with Gasteiger partial charge in [0.25, 0.3) is 5.91 Å². The zero-order chi connectivity index (χ0) is 19.2. The number of benzene rings is 2. The minimum Gasteiger partial charge on any atom is -0.489 e. The minimum absolute atomic E-state index is 0.0580. The molecule has 0 saturated heterocycles. The molecule has 2 rings (SSSR count). The molecule has 0 unspecified atom stereocenters. The minimum atomic E-state index is -0.326. The van der Waals surface area contributed by atoms with E-state index in [0.29, 0.717) is 17.2 Å². The molecule has 0 radical (unpaired) electrons. The molecule has 0 heterocycles. The number of nitrogens with one attached hydrogen (secondary N) is 2. The molecule has 0 bridgehead atoms. The number of amides is 2. The van der Waals surface area contributed by atoms with Crippen molar-refractivity contribution in [3.8, 4) is 5.75 Å². The molecular formula is C20H23ClN2O3. The molecule has 6 heteroatoms. The molecule has 0 aliphatic heterocycles. The molecule has 5 nitrogen and oxygen atoms in total. The Hall–Kier alpha value is -2.53. The normalized spacial score (nSPS) is 10.9. The van der Waals surface area contributed by atoms with E-state index in [-0.39, 0.29) is 23.9 Å². The van der Waals surface area contributed by atoms with Crippen LogP contribution < -0.4 is 15.4 Å². The molecule has 138 valence electrons. The second-order valence-electron chi connectivity index (χ2n) is 6.92. The van der Waals surface area contributed by atoms with Crippen LogP contribution in [0.2, 0.25) is 5.02 Å². The van der Waals surface area contributed by atoms with E-state index < -0.39 is 0 Å². The van der Waals surface area contributed by atoms with Gasteiger partial charge in [0.2, 0.25) is 5.91 Å². The molecule has 2 N–H and O–H groups in total. The highest BCUT2D eigenvalue weighted by atomic mass is 35.5. The van der Waals surface area contributed by atoms with E-state index in [4.69, 9.17) is 16.3 Å². The van der Waals surface area contributed by atoms with Crippen LogP contribution in [0.3, 0.4) is 0 Å². The summed E-state index contributed by atoms with van der Waals surface area (Å²) >= 11 is 5.83. The number of hydrogen-bond acceptors (Lipinski definition) is 3. The van der Waals surface area contributed by atoms with Crippen LogP contribution in [-0.2, 0) is 11.4 Å². The van der Waals surface area contributed by atoms with Gasteiger partial charge in [-0.05, 0) is 62.7 Å². The van der Waals surface area contributed by atoms with E-state index in [0.717, 1.165) is 11.3 Å². The predicted octanol–water partition coefficient (Wildman–Crippen LogP) is 3.56. The first-order valence-corrected chi connectivity index (χ1v) is 8.67. The Bertz CT molecular complexity index is 750. The van der Waals surface area contributed by atoms with E-state index in [1.807, 2.05) is 32.9 Å². The summed E-state index contributed by atoms with van der Waals surface area (Å²) in [6, 6.07) is 14.2. The molecule has 2 aromatic rings. The average Bonchev–Trinajstić information content (AvgIpc) is 2.58. The van der Waals surface area contributed by atoms with Crippen LogP contribution in [0.15, 0.2) is 48.5 Å². The standard InChI is InChI=1S/C20H23ClN2O3/c1-20(2,3)23-18(24)12-22-19(25)15-6-4-14(5-7-15)13-26-17-10-8-16(21)9-11-17/h4-11H,12-13H2,1-3H3,(H,22,25)(H,23,24). The molecule has 0 atom stereocenters. The molecule has 0 aliphatic carbocycles.